The third-order valence-corrected chi connectivity index (χ3v) is 3.76. The third kappa shape index (κ3) is 6.65. The van der Waals surface area contributed by atoms with Gasteiger partial charge < -0.3 is 25.4 Å². The van der Waals surface area contributed by atoms with Crippen molar-refractivity contribution in [3.8, 4) is 11.5 Å². The van der Waals surface area contributed by atoms with Crippen molar-refractivity contribution in [3.63, 3.8) is 0 Å². The summed E-state index contributed by atoms with van der Waals surface area (Å²) in [5, 5.41) is 17.2. The zero-order chi connectivity index (χ0) is 20.3. The lowest BCUT2D eigenvalue weighted by Gasteiger charge is -2.09. The van der Waals surface area contributed by atoms with Crippen molar-refractivity contribution >= 4 is 23.2 Å². The lowest BCUT2D eigenvalue weighted by Crippen LogP contribution is -2.32. The zero-order valence-electron chi connectivity index (χ0n) is 16.0. The van der Waals surface area contributed by atoms with Crippen molar-refractivity contribution in [1.82, 2.24) is 20.5 Å². The predicted molar refractivity (Wildman–Crippen MR) is 110 cm³/mol. The van der Waals surface area contributed by atoms with E-state index < -0.39 is 0 Å². The third-order valence-electron chi connectivity index (χ3n) is 3.76. The molecule has 3 N–H and O–H groups in total. The monoisotopic (exact) mass is 394 g/mol. The van der Waals surface area contributed by atoms with Crippen LogP contribution in [0.1, 0.15) is 0 Å². The van der Waals surface area contributed by atoms with Gasteiger partial charge in [-0.1, -0.05) is 6.07 Å². The van der Waals surface area contributed by atoms with Gasteiger partial charge in [0.05, 0.1) is 19.0 Å². The molecule has 0 aliphatic carbocycles. The van der Waals surface area contributed by atoms with Gasteiger partial charge in [0.15, 0.2) is 12.4 Å². The number of rotatable bonds is 10. The van der Waals surface area contributed by atoms with Crippen LogP contribution < -0.4 is 25.4 Å². The van der Waals surface area contributed by atoms with Gasteiger partial charge in [0.2, 0.25) is 0 Å². The van der Waals surface area contributed by atoms with Crippen LogP contribution in [0.4, 0.5) is 17.3 Å². The molecule has 150 valence electrons. The molecule has 0 fully saturated rings. The molecule has 3 aromatic rings. The summed E-state index contributed by atoms with van der Waals surface area (Å²) < 4.78 is 10.6. The summed E-state index contributed by atoms with van der Waals surface area (Å²) in [6, 6.07) is 14.4. The smallest absolute Gasteiger partial charge is 0.258 e. The van der Waals surface area contributed by atoms with E-state index in [2.05, 4.69) is 31.1 Å². The molecule has 0 spiro atoms. The number of nitrogens with one attached hydrogen (secondary N) is 3. The Hall–Kier alpha value is -3.88. The molecule has 1 aromatic carbocycles. The highest BCUT2D eigenvalue weighted by atomic mass is 16.5. The number of ether oxygens (including phenoxy) is 2. The molecule has 3 rings (SSSR count). The minimum Gasteiger partial charge on any atom is -0.497 e. The number of hydrogen-bond acceptors (Lipinski definition) is 8. The summed E-state index contributed by atoms with van der Waals surface area (Å²) in [6.45, 7) is 0.869. The number of aromatic nitrogens is 3. The molecular weight excluding hydrogens is 372 g/mol. The highest BCUT2D eigenvalue weighted by Gasteiger charge is 2.04. The van der Waals surface area contributed by atoms with Crippen molar-refractivity contribution in [3.05, 3.63) is 60.9 Å². The first-order valence-electron chi connectivity index (χ1n) is 9.01. The molecule has 0 unspecified atom stereocenters. The number of carbonyl (C=O) groups excluding carboxylic acids is 1. The maximum absolute atomic E-state index is 11.9. The van der Waals surface area contributed by atoms with Crippen molar-refractivity contribution in [2.75, 3.05) is 37.4 Å². The summed E-state index contributed by atoms with van der Waals surface area (Å²) in [6.07, 6.45) is 3.40. The van der Waals surface area contributed by atoms with E-state index in [0.717, 1.165) is 5.69 Å². The van der Waals surface area contributed by atoms with Crippen LogP contribution in [0.15, 0.2) is 60.9 Å². The van der Waals surface area contributed by atoms with Gasteiger partial charge in [-0.2, -0.15) is 0 Å². The van der Waals surface area contributed by atoms with Crippen molar-refractivity contribution < 1.29 is 14.3 Å². The van der Waals surface area contributed by atoms with Crippen molar-refractivity contribution in [1.29, 1.82) is 0 Å². The summed E-state index contributed by atoms with van der Waals surface area (Å²) in [7, 11) is 1.58. The van der Waals surface area contributed by atoms with Gasteiger partial charge in [-0.05, 0) is 36.4 Å². The first kappa shape index (κ1) is 19.9. The Morgan fingerprint density at radius 2 is 1.83 bits per heavy atom. The minimum atomic E-state index is -0.211. The molecule has 0 aliphatic heterocycles. The van der Waals surface area contributed by atoms with E-state index in [4.69, 9.17) is 9.47 Å². The second-order valence-electron chi connectivity index (χ2n) is 5.91. The number of hydrogen-bond donors (Lipinski definition) is 3. The van der Waals surface area contributed by atoms with E-state index in [9.17, 15) is 4.79 Å². The van der Waals surface area contributed by atoms with Gasteiger partial charge in [0.1, 0.15) is 17.3 Å². The van der Waals surface area contributed by atoms with Gasteiger partial charge in [-0.25, -0.2) is 0 Å². The van der Waals surface area contributed by atoms with Gasteiger partial charge in [0.25, 0.3) is 5.91 Å². The molecule has 0 bridgehead atoms. The molecule has 2 heterocycles. The Morgan fingerprint density at radius 3 is 2.59 bits per heavy atom. The number of nitrogens with zero attached hydrogens (tertiary/aromatic N) is 3. The lowest BCUT2D eigenvalue weighted by molar-refractivity contribution is -0.123. The molecule has 0 atom stereocenters. The summed E-state index contributed by atoms with van der Waals surface area (Å²) >= 11 is 0. The van der Waals surface area contributed by atoms with Gasteiger partial charge in [-0.3, -0.25) is 9.78 Å². The first-order chi connectivity index (χ1) is 14.2. The van der Waals surface area contributed by atoms with Gasteiger partial charge >= 0.3 is 0 Å². The maximum Gasteiger partial charge on any atom is 0.258 e. The normalized spacial score (nSPS) is 10.1. The second kappa shape index (κ2) is 10.5. The maximum atomic E-state index is 11.9. The van der Waals surface area contributed by atoms with Crippen LogP contribution in [0, 0.1) is 0 Å². The lowest BCUT2D eigenvalue weighted by atomic mass is 10.3. The molecule has 9 heteroatoms. The standard InChI is InChI=1S/C20H22N6O3/c1-28-16-5-2-6-17(12-16)29-14-20(27)23-11-10-22-18-7-8-19(26-25-18)24-15-4-3-9-21-13-15/h2-9,12-13H,10-11,14H2,1H3,(H,22,25)(H,23,27)(H,24,26). The Morgan fingerprint density at radius 1 is 1.00 bits per heavy atom. The highest BCUT2D eigenvalue weighted by Crippen LogP contribution is 2.18. The molecule has 0 saturated carbocycles. The van der Waals surface area contributed by atoms with Crippen LogP contribution in [0.25, 0.3) is 0 Å². The second-order valence-corrected chi connectivity index (χ2v) is 5.91. The Kier molecular flexibility index (Phi) is 7.16. The van der Waals surface area contributed by atoms with Crippen LogP contribution in [0.5, 0.6) is 11.5 Å². The Balaban J connectivity index is 1.34. The van der Waals surface area contributed by atoms with Crippen molar-refractivity contribution in [2.45, 2.75) is 0 Å². The van der Waals surface area contributed by atoms with Gasteiger partial charge in [-0.15, -0.1) is 10.2 Å². The van der Waals surface area contributed by atoms with Crippen molar-refractivity contribution in [2.24, 2.45) is 0 Å². The molecule has 1 amide bonds. The first-order valence-corrected chi connectivity index (χ1v) is 9.01. The van der Waals surface area contributed by atoms with E-state index in [0.29, 0.717) is 36.2 Å². The molecule has 2 aromatic heterocycles. The predicted octanol–water partition coefficient (Wildman–Crippen LogP) is 2.23. The van der Waals surface area contributed by atoms with E-state index in [-0.39, 0.29) is 12.5 Å². The summed E-state index contributed by atoms with van der Waals surface area (Å²) in [4.78, 5) is 15.9. The number of carbonyl (C=O) groups is 1. The number of amides is 1. The van der Waals surface area contributed by atoms with E-state index in [1.807, 2.05) is 24.3 Å². The SMILES string of the molecule is COc1cccc(OCC(=O)NCCNc2ccc(Nc3cccnc3)nn2)c1. The highest BCUT2D eigenvalue weighted by molar-refractivity contribution is 5.77. The van der Waals surface area contributed by atoms with Gasteiger partial charge in [0, 0.05) is 25.4 Å². The zero-order valence-corrected chi connectivity index (χ0v) is 16.0. The molecule has 29 heavy (non-hydrogen) atoms. The topological polar surface area (TPSA) is 110 Å². The minimum absolute atomic E-state index is 0.0678. The van der Waals surface area contributed by atoms with E-state index in [1.54, 1.807) is 43.8 Å². The number of anilines is 3. The van der Waals surface area contributed by atoms with E-state index >= 15 is 0 Å². The van der Waals surface area contributed by atoms with Crippen LogP contribution in [-0.2, 0) is 4.79 Å². The van der Waals surface area contributed by atoms with Crippen LogP contribution in [0.2, 0.25) is 0 Å². The Bertz CT molecular complexity index is 906. The van der Waals surface area contributed by atoms with Crippen LogP contribution in [0.3, 0.4) is 0 Å². The number of benzene rings is 1. The number of methoxy groups -OCH3 is 1. The van der Waals surface area contributed by atoms with Crippen LogP contribution >= 0.6 is 0 Å². The molecule has 0 saturated heterocycles. The molecule has 0 radical (unpaired) electrons. The fourth-order valence-corrected chi connectivity index (χ4v) is 2.36. The summed E-state index contributed by atoms with van der Waals surface area (Å²) in [5.41, 5.74) is 0.835. The molecule has 0 aliphatic rings. The largest absolute Gasteiger partial charge is 0.497 e. The van der Waals surface area contributed by atoms with E-state index in [1.165, 1.54) is 0 Å². The quantitative estimate of drug-likeness (QED) is 0.449. The fraction of sp³-hybridized carbons (Fsp3) is 0.200. The molecular formula is C20H22N6O3. The number of pyridine rings is 1. The molecule has 9 nitrogen and oxygen atoms in total. The average Bonchev–Trinajstić information content (AvgIpc) is 2.77. The average molecular weight is 394 g/mol. The van der Waals surface area contributed by atoms with Crippen LogP contribution in [-0.4, -0.2) is 47.9 Å². The Labute approximate surface area is 168 Å². The fourth-order valence-electron chi connectivity index (χ4n) is 2.36. The summed E-state index contributed by atoms with van der Waals surface area (Å²) in [5.74, 6) is 2.27.